The van der Waals surface area contributed by atoms with E-state index in [1.807, 2.05) is 0 Å². The summed E-state index contributed by atoms with van der Waals surface area (Å²) in [5.41, 5.74) is 0. The Morgan fingerprint density at radius 2 is 2.00 bits per heavy atom. The Morgan fingerprint density at radius 3 is 2.65 bits per heavy atom. The van der Waals surface area contributed by atoms with E-state index in [-0.39, 0.29) is 23.9 Å². The molecule has 23 heavy (non-hydrogen) atoms. The van der Waals surface area contributed by atoms with Crippen LogP contribution >= 0.6 is 0 Å². The van der Waals surface area contributed by atoms with E-state index in [0.29, 0.717) is 19.4 Å². The monoisotopic (exact) mass is 362 g/mol. The lowest BCUT2D eigenvalue weighted by Gasteiger charge is -2.32. The number of rotatable bonds is 6. The van der Waals surface area contributed by atoms with E-state index in [1.54, 1.807) is 0 Å². The van der Waals surface area contributed by atoms with E-state index in [1.165, 1.54) is 22.5 Å². The summed E-state index contributed by atoms with van der Waals surface area (Å²) in [6.07, 6.45) is 1.29. The number of sulfonamides is 2. The third-order valence-corrected chi connectivity index (χ3v) is 6.64. The number of nitrogens with zero attached hydrogens (tertiary/aromatic N) is 1. The van der Waals surface area contributed by atoms with Gasteiger partial charge in [-0.05, 0) is 30.9 Å². The summed E-state index contributed by atoms with van der Waals surface area (Å²) >= 11 is 0. The summed E-state index contributed by atoms with van der Waals surface area (Å²) in [5.74, 6) is -0.956. The zero-order valence-corrected chi connectivity index (χ0v) is 14.1. The SMILES string of the molecule is C=CS(=O)(=O)NC[C@H]1CCCN(S(=O)(=O)c2ccccc2F)C1. The molecule has 0 aliphatic carbocycles. The predicted octanol–water partition coefficient (Wildman–Crippen LogP) is 1.29. The first-order valence-electron chi connectivity index (χ1n) is 7.13. The van der Waals surface area contributed by atoms with Crippen molar-refractivity contribution in [3.63, 3.8) is 0 Å². The summed E-state index contributed by atoms with van der Waals surface area (Å²) in [7, 11) is -7.47. The lowest BCUT2D eigenvalue weighted by molar-refractivity contribution is 0.266. The van der Waals surface area contributed by atoms with Crippen molar-refractivity contribution in [2.75, 3.05) is 19.6 Å². The molecule has 0 bridgehead atoms. The van der Waals surface area contributed by atoms with Crippen molar-refractivity contribution < 1.29 is 21.2 Å². The summed E-state index contributed by atoms with van der Waals surface area (Å²) < 4.78 is 65.2. The number of benzene rings is 1. The van der Waals surface area contributed by atoms with Gasteiger partial charge in [-0.25, -0.2) is 25.9 Å². The van der Waals surface area contributed by atoms with Gasteiger partial charge in [-0.2, -0.15) is 4.31 Å². The van der Waals surface area contributed by atoms with Gasteiger partial charge in [0.25, 0.3) is 0 Å². The van der Waals surface area contributed by atoms with Crippen LogP contribution < -0.4 is 4.72 Å². The quantitative estimate of drug-likeness (QED) is 0.826. The van der Waals surface area contributed by atoms with Crippen molar-refractivity contribution in [2.45, 2.75) is 17.7 Å². The average molecular weight is 362 g/mol. The Hall–Kier alpha value is -1.29. The van der Waals surface area contributed by atoms with Crippen molar-refractivity contribution in [2.24, 2.45) is 5.92 Å². The minimum Gasteiger partial charge on any atom is -0.211 e. The van der Waals surface area contributed by atoms with Crippen molar-refractivity contribution in [1.29, 1.82) is 0 Å². The number of piperidine rings is 1. The van der Waals surface area contributed by atoms with Crippen molar-refractivity contribution in [3.05, 3.63) is 42.1 Å². The molecule has 9 heteroatoms. The maximum absolute atomic E-state index is 13.8. The molecule has 1 aromatic carbocycles. The molecule has 0 amide bonds. The second kappa shape index (κ2) is 7.08. The average Bonchev–Trinajstić information content (AvgIpc) is 2.53. The highest BCUT2D eigenvalue weighted by Crippen LogP contribution is 2.25. The molecule has 0 saturated carbocycles. The fourth-order valence-corrected chi connectivity index (χ4v) is 4.70. The predicted molar refractivity (Wildman–Crippen MR) is 85.0 cm³/mol. The Bertz CT molecular complexity index is 778. The van der Waals surface area contributed by atoms with Gasteiger partial charge < -0.3 is 0 Å². The first-order chi connectivity index (χ1) is 10.8. The molecule has 1 atom stereocenters. The van der Waals surface area contributed by atoms with Crippen molar-refractivity contribution in [3.8, 4) is 0 Å². The fraction of sp³-hybridized carbons (Fsp3) is 0.429. The number of nitrogens with one attached hydrogen (secondary N) is 1. The molecule has 0 spiro atoms. The molecule has 1 fully saturated rings. The number of hydrogen-bond donors (Lipinski definition) is 1. The normalized spacial score (nSPS) is 20.3. The molecule has 1 aliphatic rings. The number of halogens is 1. The van der Waals surface area contributed by atoms with Crippen molar-refractivity contribution >= 4 is 20.0 Å². The largest absolute Gasteiger partial charge is 0.245 e. The Labute approximate surface area is 136 Å². The van der Waals surface area contributed by atoms with E-state index < -0.39 is 25.9 Å². The van der Waals surface area contributed by atoms with Gasteiger partial charge in [0.05, 0.1) is 0 Å². The molecule has 128 valence electrons. The van der Waals surface area contributed by atoms with Crippen LogP contribution in [0.25, 0.3) is 0 Å². The zero-order chi connectivity index (χ0) is 17.1. The third-order valence-electron chi connectivity index (χ3n) is 3.73. The van der Waals surface area contributed by atoms with Crippen LogP contribution in [0.1, 0.15) is 12.8 Å². The van der Waals surface area contributed by atoms with Gasteiger partial charge >= 0.3 is 0 Å². The highest BCUT2D eigenvalue weighted by molar-refractivity contribution is 7.92. The lowest BCUT2D eigenvalue weighted by atomic mass is 10.0. The maximum atomic E-state index is 13.8. The van der Waals surface area contributed by atoms with E-state index in [0.717, 1.165) is 11.5 Å². The summed E-state index contributed by atoms with van der Waals surface area (Å²) in [6.45, 7) is 3.77. The van der Waals surface area contributed by atoms with E-state index in [2.05, 4.69) is 11.3 Å². The lowest BCUT2D eigenvalue weighted by Crippen LogP contribution is -2.43. The van der Waals surface area contributed by atoms with E-state index in [9.17, 15) is 21.2 Å². The van der Waals surface area contributed by atoms with Gasteiger partial charge in [0.2, 0.25) is 20.0 Å². The Balaban J connectivity index is 2.12. The zero-order valence-electron chi connectivity index (χ0n) is 12.5. The van der Waals surface area contributed by atoms with Crippen LogP contribution in [0.4, 0.5) is 4.39 Å². The summed E-state index contributed by atoms with van der Waals surface area (Å²) in [5, 5.41) is 0.809. The number of hydrogen-bond acceptors (Lipinski definition) is 4. The Morgan fingerprint density at radius 1 is 1.30 bits per heavy atom. The first-order valence-corrected chi connectivity index (χ1v) is 10.1. The molecule has 1 aromatic rings. The molecule has 2 rings (SSSR count). The molecular weight excluding hydrogens is 343 g/mol. The summed E-state index contributed by atoms with van der Waals surface area (Å²) in [4.78, 5) is -0.354. The molecule has 1 heterocycles. The van der Waals surface area contributed by atoms with Gasteiger partial charge in [-0.1, -0.05) is 18.7 Å². The topological polar surface area (TPSA) is 83.6 Å². The summed E-state index contributed by atoms with van der Waals surface area (Å²) in [6, 6.07) is 5.23. The van der Waals surface area contributed by atoms with Gasteiger partial charge in [-0.15, -0.1) is 0 Å². The van der Waals surface area contributed by atoms with Crippen LogP contribution in [0.5, 0.6) is 0 Å². The van der Waals surface area contributed by atoms with Gasteiger partial charge in [0.15, 0.2) is 0 Å². The molecule has 1 aliphatic heterocycles. The third kappa shape index (κ3) is 4.37. The van der Waals surface area contributed by atoms with Gasteiger partial charge in [0, 0.05) is 25.0 Å². The highest BCUT2D eigenvalue weighted by Gasteiger charge is 2.32. The van der Waals surface area contributed by atoms with Gasteiger partial charge in [-0.3, -0.25) is 0 Å². The highest BCUT2D eigenvalue weighted by atomic mass is 32.2. The van der Waals surface area contributed by atoms with Crippen LogP contribution in [0.2, 0.25) is 0 Å². The second-order valence-corrected chi connectivity index (χ2v) is 8.98. The first kappa shape index (κ1) is 18.1. The molecule has 1 saturated heterocycles. The van der Waals surface area contributed by atoms with Crippen molar-refractivity contribution in [1.82, 2.24) is 9.03 Å². The minimum absolute atomic E-state index is 0.123. The molecule has 1 N–H and O–H groups in total. The standard InChI is InChI=1S/C14H19FN2O4S2/c1-2-22(18,19)16-10-12-6-5-9-17(11-12)23(20,21)14-8-4-3-7-13(14)15/h2-4,7-8,12,16H,1,5-6,9-11H2/t12-/m1/s1. The van der Waals surface area contributed by atoms with Crippen LogP contribution in [0.15, 0.2) is 41.1 Å². The van der Waals surface area contributed by atoms with Crippen LogP contribution in [0, 0.1) is 11.7 Å². The van der Waals surface area contributed by atoms with Gasteiger partial charge in [0.1, 0.15) is 10.7 Å². The minimum atomic E-state index is -3.92. The molecule has 6 nitrogen and oxygen atoms in total. The fourth-order valence-electron chi connectivity index (χ4n) is 2.50. The second-order valence-electron chi connectivity index (χ2n) is 5.36. The van der Waals surface area contributed by atoms with E-state index >= 15 is 0 Å². The maximum Gasteiger partial charge on any atom is 0.245 e. The molecular formula is C14H19FN2O4S2. The Kier molecular flexibility index (Phi) is 5.56. The van der Waals surface area contributed by atoms with Crippen LogP contribution in [0.3, 0.4) is 0 Å². The smallest absolute Gasteiger partial charge is 0.211 e. The molecule has 0 radical (unpaired) electrons. The van der Waals surface area contributed by atoms with Crippen LogP contribution in [-0.4, -0.2) is 40.8 Å². The van der Waals surface area contributed by atoms with E-state index in [4.69, 9.17) is 0 Å². The van der Waals surface area contributed by atoms with Crippen LogP contribution in [-0.2, 0) is 20.0 Å². The molecule has 0 unspecified atom stereocenters. The molecule has 0 aromatic heterocycles.